The smallest absolute Gasteiger partial charge is 0.124 e. The normalized spacial score (nSPS) is 13.8. The van der Waals surface area contributed by atoms with Crippen LogP contribution in [0.25, 0.3) is 0 Å². The van der Waals surface area contributed by atoms with Crippen LogP contribution >= 0.6 is 11.6 Å². The summed E-state index contributed by atoms with van der Waals surface area (Å²) in [5.74, 6) is 0.455. The lowest BCUT2D eigenvalue weighted by Gasteiger charge is -2.23. The summed E-state index contributed by atoms with van der Waals surface area (Å²) in [6, 6.07) is 14.8. The average Bonchev–Trinajstić information content (AvgIpc) is 2.49. The van der Waals surface area contributed by atoms with Crippen molar-refractivity contribution in [2.75, 3.05) is 13.7 Å². The van der Waals surface area contributed by atoms with E-state index in [1.54, 1.807) is 19.2 Å². The van der Waals surface area contributed by atoms with Gasteiger partial charge in [-0.2, -0.15) is 0 Å². The van der Waals surface area contributed by atoms with Crippen LogP contribution in [0.4, 0.5) is 0 Å². The quantitative estimate of drug-likeness (QED) is 0.890. The maximum absolute atomic E-state index is 10.6. The third-order valence-corrected chi connectivity index (χ3v) is 3.64. The minimum absolute atomic E-state index is 0.205. The van der Waals surface area contributed by atoms with Gasteiger partial charge in [0.15, 0.2) is 0 Å². The van der Waals surface area contributed by atoms with Crippen molar-refractivity contribution in [3.63, 3.8) is 0 Å². The molecule has 0 amide bonds. The molecule has 2 aromatic carbocycles. The molecular formula is C16H18ClNO2. The molecule has 0 heterocycles. The van der Waals surface area contributed by atoms with Crippen molar-refractivity contribution < 1.29 is 9.84 Å². The average molecular weight is 292 g/mol. The van der Waals surface area contributed by atoms with E-state index >= 15 is 0 Å². The summed E-state index contributed by atoms with van der Waals surface area (Å²) in [6.07, 6.45) is -0.725. The zero-order valence-electron chi connectivity index (χ0n) is 11.3. The Morgan fingerprint density at radius 2 is 1.80 bits per heavy atom. The first kappa shape index (κ1) is 14.9. The summed E-state index contributed by atoms with van der Waals surface area (Å²) in [5.41, 5.74) is 7.53. The van der Waals surface area contributed by atoms with Gasteiger partial charge in [-0.15, -0.1) is 0 Å². The van der Waals surface area contributed by atoms with Gasteiger partial charge in [0.2, 0.25) is 0 Å². The summed E-state index contributed by atoms with van der Waals surface area (Å²) in [4.78, 5) is 0. The van der Waals surface area contributed by atoms with Gasteiger partial charge < -0.3 is 15.6 Å². The maximum atomic E-state index is 10.6. The van der Waals surface area contributed by atoms with Crippen molar-refractivity contribution >= 4 is 11.6 Å². The fourth-order valence-electron chi connectivity index (χ4n) is 2.28. The number of rotatable bonds is 5. The number of methoxy groups -OCH3 is 1. The molecule has 0 spiro atoms. The summed E-state index contributed by atoms with van der Waals surface area (Å²) in [6.45, 7) is 0.334. The third kappa shape index (κ3) is 3.12. The van der Waals surface area contributed by atoms with E-state index < -0.39 is 6.10 Å². The molecule has 2 unspecified atom stereocenters. The molecule has 0 saturated heterocycles. The molecule has 106 valence electrons. The minimum atomic E-state index is -0.725. The van der Waals surface area contributed by atoms with Crippen molar-refractivity contribution in [2.24, 2.45) is 5.73 Å². The Kier molecular flexibility index (Phi) is 5.01. The lowest BCUT2D eigenvalue weighted by Crippen LogP contribution is -2.20. The largest absolute Gasteiger partial charge is 0.496 e. The molecule has 2 rings (SSSR count). The standard InChI is InChI=1S/C16H18ClNO2/c1-20-15-5-3-2-4-13(15)16(19)14(10-18)11-6-8-12(17)9-7-11/h2-9,14,16,19H,10,18H2,1H3. The number of para-hydroxylation sites is 1. The predicted molar refractivity (Wildman–Crippen MR) is 81.2 cm³/mol. The van der Waals surface area contributed by atoms with Gasteiger partial charge >= 0.3 is 0 Å². The lowest BCUT2D eigenvalue weighted by atomic mass is 9.89. The van der Waals surface area contributed by atoms with Gasteiger partial charge in [-0.05, 0) is 23.8 Å². The molecule has 2 atom stereocenters. The summed E-state index contributed by atoms with van der Waals surface area (Å²) in [5, 5.41) is 11.3. The minimum Gasteiger partial charge on any atom is -0.496 e. The fraction of sp³-hybridized carbons (Fsp3) is 0.250. The second-order valence-electron chi connectivity index (χ2n) is 4.58. The molecule has 3 nitrogen and oxygen atoms in total. The molecule has 0 bridgehead atoms. The number of ether oxygens (including phenoxy) is 1. The monoisotopic (exact) mass is 291 g/mol. The predicted octanol–water partition coefficient (Wildman–Crippen LogP) is 3.12. The van der Waals surface area contributed by atoms with E-state index in [2.05, 4.69) is 0 Å². The number of aliphatic hydroxyl groups excluding tert-OH is 1. The van der Waals surface area contributed by atoms with Crippen molar-refractivity contribution in [2.45, 2.75) is 12.0 Å². The van der Waals surface area contributed by atoms with Gasteiger partial charge in [0.1, 0.15) is 5.75 Å². The molecule has 3 N–H and O–H groups in total. The highest BCUT2D eigenvalue weighted by Crippen LogP contribution is 2.35. The van der Waals surface area contributed by atoms with Crippen molar-refractivity contribution in [3.05, 3.63) is 64.7 Å². The second-order valence-corrected chi connectivity index (χ2v) is 5.02. The van der Waals surface area contributed by atoms with Crippen LogP contribution in [0.1, 0.15) is 23.1 Å². The van der Waals surface area contributed by atoms with Crippen LogP contribution in [0.15, 0.2) is 48.5 Å². The zero-order chi connectivity index (χ0) is 14.5. The molecule has 2 aromatic rings. The molecule has 0 aliphatic carbocycles. The summed E-state index contributed by atoms with van der Waals surface area (Å²) < 4.78 is 5.29. The molecule has 0 aliphatic rings. The van der Waals surface area contributed by atoms with Crippen LogP contribution in [0, 0.1) is 0 Å². The number of halogens is 1. The van der Waals surface area contributed by atoms with Gasteiger partial charge in [0.05, 0.1) is 13.2 Å². The first-order valence-corrected chi connectivity index (χ1v) is 6.81. The SMILES string of the molecule is COc1ccccc1C(O)C(CN)c1ccc(Cl)cc1. The summed E-state index contributed by atoms with van der Waals surface area (Å²) in [7, 11) is 1.59. The fourth-order valence-corrected chi connectivity index (χ4v) is 2.41. The Labute approximate surface area is 123 Å². The van der Waals surface area contributed by atoms with E-state index in [-0.39, 0.29) is 5.92 Å². The molecule has 0 aliphatic heterocycles. The molecule has 4 heteroatoms. The van der Waals surface area contributed by atoms with Crippen molar-refractivity contribution in [3.8, 4) is 5.75 Å². The Balaban J connectivity index is 2.33. The van der Waals surface area contributed by atoms with Crippen molar-refractivity contribution in [1.29, 1.82) is 0 Å². The van der Waals surface area contributed by atoms with Crippen LogP contribution in [0.2, 0.25) is 5.02 Å². The molecular weight excluding hydrogens is 274 g/mol. The Morgan fingerprint density at radius 1 is 1.15 bits per heavy atom. The van der Waals surface area contributed by atoms with E-state index in [4.69, 9.17) is 22.1 Å². The number of aliphatic hydroxyl groups is 1. The van der Waals surface area contributed by atoms with Crippen LogP contribution in [0.5, 0.6) is 5.75 Å². The first-order valence-electron chi connectivity index (χ1n) is 6.44. The zero-order valence-corrected chi connectivity index (χ0v) is 12.0. The molecule has 20 heavy (non-hydrogen) atoms. The Bertz CT molecular complexity index is 557. The van der Waals surface area contributed by atoms with E-state index in [9.17, 15) is 5.11 Å². The second kappa shape index (κ2) is 6.75. The summed E-state index contributed by atoms with van der Waals surface area (Å²) >= 11 is 5.89. The van der Waals surface area contributed by atoms with Crippen LogP contribution < -0.4 is 10.5 Å². The highest BCUT2D eigenvalue weighted by Gasteiger charge is 2.23. The third-order valence-electron chi connectivity index (χ3n) is 3.39. The number of hydrogen-bond acceptors (Lipinski definition) is 3. The molecule has 0 radical (unpaired) electrons. The molecule has 0 saturated carbocycles. The molecule has 0 aromatic heterocycles. The van der Waals surface area contributed by atoms with Crippen molar-refractivity contribution in [1.82, 2.24) is 0 Å². The van der Waals surface area contributed by atoms with Crippen LogP contribution in [-0.4, -0.2) is 18.8 Å². The maximum Gasteiger partial charge on any atom is 0.124 e. The number of nitrogens with two attached hydrogens (primary N) is 1. The van der Waals surface area contributed by atoms with E-state index in [0.717, 1.165) is 11.1 Å². The van der Waals surface area contributed by atoms with Crippen LogP contribution in [0.3, 0.4) is 0 Å². The highest BCUT2D eigenvalue weighted by atomic mass is 35.5. The van der Waals surface area contributed by atoms with E-state index in [1.807, 2.05) is 36.4 Å². The van der Waals surface area contributed by atoms with Crippen LogP contribution in [-0.2, 0) is 0 Å². The number of hydrogen-bond donors (Lipinski definition) is 2. The van der Waals surface area contributed by atoms with E-state index in [1.165, 1.54) is 0 Å². The number of benzene rings is 2. The first-order chi connectivity index (χ1) is 9.67. The lowest BCUT2D eigenvalue weighted by molar-refractivity contribution is 0.144. The van der Waals surface area contributed by atoms with Gasteiger partial charge in [-0.1, -0.05) is 41.9 Å². The molecule has 0 fully saturated rings. The van der Waals surface area contributed by atoms with E-state index in [0.29, 0.717) is 17.3 Å². The highest BCUT2D eigenvalue weighted by molar-refractivity contribution is 6.30. The van der Waals surface area contributed by atoms with Gasteiger partial charge in [-0.25, -0.2) is 0 Å². The Hall–Kier alpha value is -1.55. The Morgan fingerprint density at radius 3 is 2.40 bits per heavy atom. The van der Waals surface area contributed by atoms with Gasteiger partial charge in [0.25, 0.3) is 0 Å². The van der Waals surface area contributed by atoms with Gasteiger partial charge in [0, 0.05) is 23.0 Å². The topological polar surface area (TPSA) is 55.5 Å². The van der Waals surface area contributed by atoms with Gasteiger partial charge in [-0.3, -0.25) is 0 Å².